The summed E-state index contributed by atoms with van der Waals surface area (Å²) < 4.78 is 5.60. The number of carboxylic acids is 1. The summed E-state index contributed by atoms with van der Waals surface area (Å²) in [5.41, 5.74) is 4.65. The minimum absolute atomic E-state index is 0.0113. The second-order valence-corrected chi connectivity index (χ2v) is 9.67. The summed E-state index contributed by atoms with van der Waals surface area (Å²) in [5, 5.41) is 14.9. The third-order valence-corrected chi connectivity index (χ3v) is 7.01. The van der Waals surface area contributed by atoms with Gasteiger partial charge < -0.3 is 25.4 Å². The van der Waals surface area contributed by atoms with Crippen LogP contribution in [-0.2, 0) is 14.3 Å². The van der Waals surface area contributed by atoms with E-state index in [2.05, 4.69) is 34.9 Å². The maximum absolute atomic E-state index is 12.8. The van der Waals surface area contributed by atoms with Crippen molar-refractivity contribution in [3.05, 3.63) is 59.7 Å². The van der Waals surface area contributed by atoms with Crippen molar-refractivity contribution in [2.45, 2.75) is 31.2 Å². The molecule has 0 heterocycles. The van der Waals surface area contributed by atoms with Crippen LogP contribution < -0.4 is 10.6 Å². The Hall–Kier alpha value is -3.39. The van der Waals surface area contributed by atoms with Crippen molar-refractivity contribution in [1.82, 2.24) is 15.5 Å². The van der Waals surface area contributed by atoms with E-state index in [0.717, 1.165) is 24.0 Å². The van der Waals surface area contributed by atoms with Crippen LogP contribution in [-0.4, -0.2) is 67.8 Å². The molecule has 3 N–H and O–H groups in total. The van der Waals surface area contributed by atoms with Crippen molar-refractivity contribution in [1.29, 1.82) is 0 Å². The number of hydrogen-bond acceptors (Lipinski definition) is 5. The molecule has 3 unspecified atom stereocenters. The molecule has 4 rings (SSSR count). The van der Waals surface area contributed by atoms with Gasteiger partial charge in [-0.15, -0.1) is 0 Å². The van der Waals surface area contributed by atoms with Crippen molar-refractivity contribution in [3.8, 4) is 11.1 Å². The largest absolute Gasteiger partial charge is 0.480 e. The average molecular weight is 480 g/mol. The third kappa shape index (κ3) is 5.65. The number of benzene rings is 2. The van der Waals surface area contributed by atoms with Gasteiger partial charge in [0.1, 0.15) is 12.6 Å². The number of fused-ring (bicyclic) bond motifs is 3. The van der Waals surface area contributed by atoms with E-state index in [9.17, 15) is 19.5 Å². The Labute approximate surface area is 205 Å². The van der Waals surface area contributed by atoms with E-state index in [1.807, 2.05) is 24.3 Å². The third-order valence-electron chi connectivity index (χ3n) is 7.01. The summed E-state index contributed by atoms with van der Waals surface area (Å²) in [6.45, 7) is 0.774. The fourth-order valence-corrected chi connectivity index (χ4v) is 5.32. The van der Waals surface area contributed by atoms with Crippen LogP contribution in [0.25, 0.3) is 11.1 Å². The molecular weight excluding hydrogens is 446 g/mol. The molecule has 0 aliphatic heterocycles. The molecule has 2 aliphatic rings. The molecule has 0 bridgehead atoms. The molecule has 2 aliphatic carbocycles. The molecule has 0 spiro atoms. The summed E-state index contributed by atoms with van der Waals surface area (Å²) in [6.07, 6.45) is 1.83. The molecule has 0 aromatic heterocycles. The van der Waals surface area contributed by atoms with Gasteiger partial charge in [0.2, 0.25) is 5.91 Å². The molecule has 35 heavy (non-hydrogen) atoms. The minimum Gasteiger partial charge on any atom is -0.480 e. The van der Waals surface area contributed by atoms with Gasteiger partial charge in [0, 0.05) is 24.9 Å². The summed E-state index contributed by atoms with van der Waals surface area (Å²) >= 11 is 0. The number of alkyl carbamates (subject to hydrolysis) is 1. The molecule has 8 nitrogen and oxygen atoms in total. The summed E-state index contributed by atoms with van der Waals surface area (Å²) in [6, 6.07) is 15.4. The first-order chi connectivity index (χ1) is 16.8. The molecule has 3 atom stereocenters. The molecule has 1 fully saturated rings. The van der Waals surface area contributed by atoms with Crippen molar-refractivity contribution < 1.29 is 24.2 Å². The van der Waals surface area contributed by atoms with Gasteiger partial charge in [-0.25, -0.2) is 9.59 Å². The lowest BCUT2D eigenvalue weighted by Crippen LogP contribution is -2.49. The first kappa shape index (κ1) is 24.7. The van der Waals surface area contributed by atoms with Crippen molar-refractivity contribution in [3.63, 3.8) is 0 Å². The van der Waals surface area contributed by atoms with Gasteiger partial charge in [0.15, 0.2) is 0 Å². The van der Waals surface area contributed by atoms with Gasteiger partial charge in [0.25, 0.3) is 0 Å². The Morgan fingerprint density at radius 1 is 1.03 bits per heavy atom. The zero-order valence-corrected chi connectivity index (χ0v) is 20.2. The lowest BCUT2D eigenvalue weighted by molar-refractivity contribution is -0.143. The minimum atomic E-state index is -1.06. The monoisotopic (exact) mass is 479 g/mol. The normalized spacial score (nSPS) is 19.6. The second-order valence-electron chi connectivity index (χ2n) is 9.67. The van der Waals surface area contributed by atoms with E-state index in [0.29, 0.717) is 13.0 Å². The number of carbonyl (C=O) groups is 3. The van der Waals surface area contributed by atoms with Gasteiger partial charge in [-0.05, 0) is 55.1 Å². The lowest BCUT2D eigenvalue weighted by atomic mass is 9.94. The number of nitrogens with one attached hydrogen (secondary N) is 2. The SMILES string of the molecule is CN(C)CC(NC(=O)C1CCCC1CNC(=O)OCC1c2ccccc2-c2ccccc21)C(=O)O. The highest BCUT2D eigenvalue weighted by molar-refractivity contribution is 5.85. The van der Waals surface area contributed by atoms with Crippen LogP contribution >= 0.6 is 0 Å². The van der Waals surface area contributed by atoms with Gasteiger partial charge in [-0.3, -0.25) is 4.79 Å². The van der Waals surface area contributed by atoms with Crippen LogP contribution in [0.5, 0.6) is 0 Å². The summed E-state index contributed by atoms with van der Waals surface area (Å²) in [5.74, 6) is -1.71. The van der Waals surface area contributed by atoms with E-state index in [1.165, 1.54) is 11.1 Å². The van der Waals surface area contributed by atoms with Gasteiger partial charge >= 0.3 is 12.1 Å². The number of hydrogen-bond donors (Lipinski definition) is 3. The molecular formula is C27H33N3O5. The molecule has 2 amide bonds. The summed E-state index contributed by atoms with van der Waals surface area (Å²) in [4.78, 5) is 38.5. The summed E-state index contributed by atoms with van der Waals surface area (Å²) in [7, 11) is 3.53. The van der Waals surface area contributed by atoms with Crippen LogP contribution in [0.4, 0.5) is 4.79 Å². The van der Waals surface area contributed by atoms with Crippen LogP contribution in [0.3, 0.4) is 0 Å². The molecule has 2 aromatic rings. The zero-order valence-electron chi connectivity index (χ0n) is 20.2. The zero-order chi connectivity index (χ0) is 24.9. The number of carboxylic acid groups (broad SMARTS) is 1. The van der Waals surface area contributed by atoms with E-state index in [1.54, 1.807) is 19.0 Å². The molecule has 186 valence electrons. The number of amides is 2. The Balaban J connectivity index is 1.30. The number of ether oxygens (including phenoxy) is 1. The molecule has 8 heteroatoms. The number of likely N-dealkylation sites (N-methyl/N-ethyl adjacent to an activating group) is 1. The Morgan fingerprint density at radius 2 is 1.66 bits per heavy atom. The van der Waals surface area contributed by atoms with Gasteiger partial charge in [-0.2, -0.15) is 0 Å². The first-order valence-electron chi connectivity index (χ1n) is 12.1. The van der Waals surface area contributed by atoms with Gasteiger partial charge in [-0.1, -0.05) is 55.0 Å². The second kappa shape index (κ2) is 10.9. The highest BCUT2D eigenvalue weighted by atomic mass is 16.5. The van der Waals surface area contributed by atoms with Gasteiger partial charge in [0.05, 0.1) is 0 Å². The lowest BCUT2D eigenvalue weighted by Gasteiger charge is -2.24. The fraction of sp³-hybridized carbons (Fsp3) is 0.444. The number of aliphatic carboxylic acids is 1. The fourth-order valence-electron chi connectivity index (χ4n) is 5.32. The predicted octanol–water partition coefficient (Wildman–Crippen LogP) is 3.07. The Kier molecular flexibility index (Phi) is 7.70. The Bertz CT molecular complexity index is 1040. The standard InChI is InChI=1S/C27H33N3O5/c1-30(2)15-24(26(32)33)29-25(31)18-13-7-8-17(18)14-28-27(34)35-16-23-21-11-5-3-9-19(21)20-10-4-6-12-22(20)23/h3-6,9-12,17-18,23-24H,7-8,13-16H2,1-2H3,(H,28,34)(H,29,31)(H,32,33). The maximum Gasteiger partial charge on any atom is 0.407 e. The van der Waals surface area contributed by atoms with Crippen molar-refractivity contribution in [2.24, 2.45) is 11.8 Å². The van der Waals surface area contributed by atoms with E-state index < -0.39 is 18.1 Å². The average Bonchev–Trinajstić information content (AvgIpc) is 3.43. The maximum atomic E-state index is 12.8. The van der Waals surface area contributed by atoms with Crippen molar-refractivity contribution >= 4 is 18.0 Å². The Morgan fingerprint density at radius 3 is 2.26 bits per heavy atom. The number of nitrogens with zero attached hydrogens (tertiary/aromatic N) is 1. The highest BCUT2D eigenvalue weighted by Crippen LogP contribution is 2.44. The molecule has 1 saturated carbocycles. The topological polar surface area (TPSA) is 108 Å². The first-order valence-corrected chi connectivity index (χ1v) is 12.1. The highest BCUT2D eigenvalue weighted by Gasteiger charge is 2.35. The molecule has 0 radical (unpaired) electrons. The van der Waals surface area contributed by atoms with Crippen molar-refractivity contribution in [2.75, 3.05) is 33.8 Å². The molecule has 2 aromatic carbocycles. The number of rotatable bonds is 9. The predicted molar refractivity (Wildman–Crippen MR) is 132 cm³/mol. The van der Waals surface area contributed by atoms with Crippen LogP contribution in [0.15, 0.2) is 48.5 Å². The van der Waals surface area contributed by atoms with E-state index in [4.69, 9.17) is 4.74 Å². The van der Waals surface area contributed by atoms with Crippen LogP contribution in [0, 0.1) is 11.8 Å². The number of carbonyl (C=O) groups excluding carboxylic acids is 2. The smallest absolute Gasteiger partial charge is 0.407 e. The van der Waals surface area contributed by atoms with E-state index >= 15 is 0 Å². The van der Waals surface area contributed by atoms with E-state index in [-0.39, 0.29) is 36.8 Å². The molecule has 0 saturated heterocycles. The quantitative estimate of drug-likeness (QED) is 0.510. The van der Waals surface area contributed by atoms with Crippen LogP contribution in [0.1, 0.15) is 36.3 Å². The van der Waals surface area contributed by atoms with Crippen LogP contribution in [0.2, 0.25) is 0 Å².